The standard InChI is InChI=1S/C13H9Br2ClO2/c14-9-2-3-11(16)13(6-9)18-12-4-1-8(7-17)5-10(12)15/h1-6,17H,7H2. The van der Waals surface area contributed by atoms with Gasteiger partial charge >= 0.3 is 0 Å². The van der Waals surface area contributed by atoms with E-state index in [0.717, 1.165) is 14.5 Å². The minimum Gasteiger partial charge on any atom is -0.455 e. The van der Waals surface area contributed by atoms with Crippen molar-refractivity contribution < 1.29 is 9.84 Å². The van der Waals surface area contributed by atoms with E-state index in [2.05, 4.69) is 31.9 Å². The zero-order valence-electron chi connectivity index (χ0n) is 9.16. The summed E-state index contributed by atoms with van der Waals surface area (Å²) in [5.41, 5.74) is 0.814. The minimum absolute atomic E-state index is 0.00345. The second kappa shape index (κ2) is 6.06. The Hall–Kier alpha value is -0.550. The molecule has 0 aromatic heterocycles. The summed E-state index contributed by atoms with van der Waals surface area (Å²) < 4.78 is 7.39. The first-order valence-corrected chi connectivity index (χ1v) is 7.09. The summed E-state index contributed by atoms with van der Waals surface area (Å²) in [7, 11) is 0. The van der Waals surface area contributed by atoms with E-state index in [0.29, 0.717) is 16.5 Å². The molecule has 0 heterocycles. The van der Waals surface area contributed by atoms with Crippen LogP contribution in [-0.4, -0.2) is 5.11 Å². The third kappa shape index (κ3) is 3.26. The van der Waals surface area contributed by atoms with Gasteiger partial charge in [0.1, 0.15) is 11.5 Å². The van der Waals surface area contributed by atoms with Gasteiger partial charge in [-0.3, -0.25) is 0 Å². The highest BCUT2D eigenvalue weighted by Crippen LogP contribution is 2.35. The summed E-state index contributed by atoms with van der Waals surface area (Å²) in [4.78, 5) is 0. The van der Waals surface area contributed by atoms with Crippen LogP contribution >= 0.6 is 43.5 Å². The highest BCUT2D eigenvalue weighted by molar-refractivity contribution is 9.10. The van der Waals surface area contributed by atoms with Crippen LogP contribution in [0.1, 0.15) is 5.56 Å². The molecule has 5 heteroatoms. The Morgan fingerprint density at radius 3 is 2.50 bits per heavy atom. The summed E-state index contributed by atoms with van der Waals surface area (Å²) in [6, 6.07) is 10.8. The lowest BCUT2D eigenvalue weighted by atomic mass is 10.2. The smallest absolute Gasteiger partial charge is 0.147 e. The topological polar surface area (TPSA) is 29.5 Å². The van der Waals surface area contributed by atoms with Gasteiger partial charge in [-0.25, -0.2) is 0 Å². The van der Waals surface area contributed by atoms with Gasteiger partial charge in [0.15, 0.2) is 0 Å². The Bertz CT molecular complexity index is 573. The molecule has 0 aliphatic heterocycles. The molecule has 2 rings (SSSR count). The zero-order chi connectivity index (χ0) is 13.1. The minimum atomic E-state index is -0.00345. The monoisotopic (exact) mass is 390 g/mol. The van der Waals surface area contributed by atoms with Gasteiger partial charge < -0.3 is 9.84 Å². The highest BCUT2D eigenvalue weighted by Gasteiger charge is 2.07. The van der Waals surface area contributed by atoms with Gasteiger partial charge in [-0.1, -0.05) is 33.6 Å². The van der Waals surface area contributed by atoms with Crippen LogP contribution in [0.25, 0.3) is 0 Å². The third-order valence-corrected chi connectivity index (χ3v) is 3.72. The first kappa shape index (κ1) is 13.9. The molecule has 0 saturated carbocycles. The van der Waals surface area contributed by atoms with Gasteiger partial charge in [0.25, 0.3) is 0 Å². The molecule has 0 aliphatic rings. The van der Waals surface area contributed by atoms with Gasteiger partial charge in [0.05, 0.1) is 16.1 Å². The first-order chi connectivity index (χ1) is 8.60. The lowest BCUT2D eigenvalue weighted by molar-refractivity contribution is 0.281. The summed E-state index contributed by atoms with van der Waals surface area (Å²) >= 11 is 12.8. The summed E-state index contributed by atoms with van der Waals surface area (Å²) in [6.07, 6.45) is 0. The fraction of sp³-hybridized carbons (Fsp3) is 0.0769. The number of halogens is 3. The molecule has 0 atom stereocenters. The van der Waals surface area contributed by atoms with Crippen LogP contribution in [-0.2, 0) is 6.61 Å². The SMILES string of the molecule is OCc1ccc(Oc2cc(Br)ccc2Cl)c(Br)c1. The van der Waals surface area contributed by atoms with Gasteiger partial charge in [0, 0.05) is 4.47 Å². The normalized spacial score (nSPS) is 10.4. The maximum atomic E-state index is 9.03. The van der Waals surface area contributed by atoms with Crippen molar-refractivity contribution >= 4 is 43.5 Å². The second-order valence-electron chi connectivity index (χ2n) is 3.60. The molecule has 0 radical (unpaired) electrons. The van der Waals surface area contributed by atoms with Gasteiger partial charge in [-0.15, -0.1) is 0 Å². The summed E-state index contributed by atoms with van der Waals surface area (Å²) in [5.74, 6) is 1.22. The molecule has 2 aromatic rings. The molecule has 94 valence electrons. The average Bonchev–Trinajstić information content (AvgIpc) is 2.36. The molecule has 2 aromatic carbocycles. The van der Waals surface area contributed by atoms with Crippen molar-refractivity contribution in [3.8, 4) is 11.5 Å². The molecule has 0 aliphatic carbocycles. The number of benzene rings is 2. The molecule has 0 spiro atoms. The molecule has 18 heavy (non-hydrogen) atoms. The Labute approximate surface area is 127 Å². The molecule has 0 unspecified atom stereocenters. The Kier molecular flexibility index (Phi) is 4.67. The van der Waals surface area contributed by atoms with Crippen LogP contribution in [0.15, 0.2) is 45.3 Å². The molecule has 2 nitrogen and oxygen atoms in total. The van der Waals surface area contributed by atoms with Crippen LogP contribution in [0.3, 0.4) is 0 Å². The predicted molar refractivity (Wildman–Crippen MR) is 79.3 cm³/mol. The number of hydrogen-bond acceptors (Lipinski definition) is 2. The average molecular weight is 392 g/mol. The number of ether oxygens (including phenoxy) is 1. The fourth-order valence-electron chi connectivity index (χ4n) is 1.40. The van der Waals surface area contributed by atoms with E-state index in [1.54, 1.807) is 30.3 Å². The second-order valence-corrected chi connectivity index (χ2v) is 5.78. The maximum absolute atomic E-state index is 9.03. The van der Waals surface area contributed by atoms with E-state index < -0.39 is 0 Å². The molecule has 0 amide bonds. The molecular weight excluding hydrogens is 383 g/mol. The Balaban J connectivity index is 2.31. The number of aliphatic hydroxyl groups excluding tert-OH is 1. The molecule has 0 fully saturated rings. The van der Waals surface area contributed by atoms with Crippen molar-refractivity contribution in [2.45, 2.75) is 6.61 Å². The van der Waals surface area contributed by atoms with Crippen molar-refractivity contribution in [3.63, 3.8) is 0 Å². The molecule has 0 bridgehead atoms. The van der Waals surface area contributed by atoms with E-state index in [9.17, 15) is 0 Å². The van der Waals surface area contributed by atoms with E-state index in [4.69, 9.17) is 21.4 Å². The number of hydrogen-bond donors (Lipinski definition) is 1. The molecular formula is C13H9Br2ClO2. The molecule has 1 N–H and O–H groups in total. The lowest BCUT2D eigenvalue weighted by Crippen LogP contribution is -1.89. The summed E-state index contributed by atoms with van der Waals surface area (Å²) in [6.45, 7) is -0.00345. The molecule has 0 saturated heterocycles. The van der Waals surface area contributed by atoms with Gasteiger partial charge in [0.2, 0.25) is 0 Å². The van der Waals surface area contributed by atoms with Gasteiger partial charge in [-0.2, -0.15) is 0 Å². The Morgan fingerprint density at radius 2 is 1.83 bits per heavy atom. The zero-order valence-corrected chi connectivity index (χ0v) is 13.1. The lowest BCUT2D eigenvalue weighted by Gasteiger charge is -2.10. The number of rotatable bonds is 3. The highest BCUT2D eigenvalue weighted by atomic mass is 79.9. The van der Waals surface area contributed by atoms with Crippen molar-refractivity contribution in [1.82, 2.24) is 0 Å². The van der Waals surface area contributed by atoms with E-state index in [1.807, 2.05) is 6.07 Å². The van der Waals surface area contributed by atoms with Crippen LogP contribution in [0.5, 0.6) is 11.5 Å². The van der Waals surface area contributed by atoms with Crippen molar-refractivity contribution in [2.24, 2.45) is 0 Å². The first-order valence-electron chi connectivity index (χ1n) is 5.12. The van der Waals surface area contributed by atoms with E-state index >= 15 is 0 Å². The predicted octanol–water partition coefficient (Wildman–Crippen LogP) is 5.15. The van der Waals surface area contributed by atoms with Crippen molar-refractivity contribution in [3.05, 3.63) is 55.9 Å². The van der Waals surface area contributed by atoms with Crippen LogP contribution in [0.4, 0.5) is 0 Å². The summed E-state index contributed by atoms with van der Waals surface area (Å²) in [5, 5.41) is 9.57. The fourth-order valence-corrected chi connectivity index (χ4v) is 2.40. The quantitative estimate of drug-likeness (QED) is 0.783. The maximum Gasteiger partial charge on any atom is 0.147 e. The Morgan fingerprint density at radius 1 is 1.06 bits per heavy atom. The van der Waals surface area contributed by atoms with Crippen LogP contribution in [0.2, 0.25) is 5.02 Å². The number of aliphatic hydroxyl groups is 1. The van der Waals surface area contributed by atoms with Crippen LogP contribution < -0.4 is 4.74 Å². The van der Waals surface area contributed by atoms with Crippen molar-refractivity contribution in [2.75, 3.05) is 0 Å². The third-order valence-electron chi connectivity index (χ3n) is 2.29. The van der Waals surface area contributed by atoms with E-state index in [1.165, 1.54) is 0 Å². The largest absolute Gasteiger partial charge is 0.455 e. The van der Waals surface area contributed by atoms with Gasteiger partial charge in [-0.05, 0) is 51.8 Å². The van der Waals surface area contributed by atoms with Crippen molar-refractivity contribution in [1.29, 1.82) is 0 Å². The van der Waals surface area contributed by atoms with Crippen LogP contribution in [0, 0.1) is 0 Å². The van der Waals surface area contributed by atoms with E-state index in [-0.39, 0.29) is 6.61 Å².